The zero-order valence-corrected chi connectivity index (χ0v) is 29.0. The summed E-state index contributed by atoms with van der Waals surface area (Å²) in [6, 6.07) is 14.1. The predicted octanol–water partition coefficient (Wildman–Crippen LogP) is 7.57. The molecule has 5 rings (SSSR count). The Balaban J connectivity index is 0.00000134. The van der Waals surface area contributed by atoms with Crippen LogP contribution in [0.2, 0.25) is 0 Å². The van der Waals surface area contributed by atoms with Crippen LogP contribution < -0.4 is 25.8 Å². The van der Waals surface area contributed by atoms with Gasteiger partial charge in [-0.25, -0.2) is 13.8 Å². The van der Waals surface area contributed by atoms with Gasteiger partial charge in [-0.1, -0.05) is 52.1 Å². The van der Waals surface area contributed by atoms with Gasteiger partial charge in [0.1, 0.15) is 17.4 Å². The van der Waals surface area contributed by atoms with Crippen LogP contribution in [0.4, 0.5) is 20.2 Å². The van der Waals surface area contributed by atoms with Crippen LogP contribution in [-0.4, -0.2) is 61.6 Å². The minimum atomic E-state index is -0.810. The molecule has 0 radical (unpaired) electrons. The van der Waals surface area contributed by atoms with Gasteiger partial charge < -0.3 is 25.8 Å². The number of benzene rings is 2. The second-order valence-electron chi connectivity index (χ2n) is 10.8. The van der Waals surface area contributed by atoms with Crippen LogP contribution >= 0.6 is 11.9 Å². The smallest absolute Gasteiger partial charge is 0.219 e. The Morgan fingerprint density at radius 2 is 1.65 bits per heavy atom. The number of rotatable bonds is 12. The van der Waals surface area contributed by atoms with E-state index in [1.54, 1.807) is 11.9 Å². The number of aldehydes is 1. The highest BCUT2D eigenvalue weighted by molar-refractivity contribution is 7.99. The molecule has 2 heterocycles. The molecule has 5 N–H and O–H groups in total. The van der Waals surface area contributed by atoms with Gasteiger partial charge in [-0.15, -0.1) is 0 Å². The third kappa shape index (κ3) is 13.0. The number of carbonyl (C=O) groups is 2. The second kappa shape index (κ2) is 22.8. The molecule has 9 nitrogen and oxygen atoms in total. The molecular weight excluding hydrogens is 634 g/mol. The predicted molar refractivity (Wildman–Crippen MR) is 196 cm³/mol. The topological polar surface area (TPSA) is 127 Å². The summed E-state index contributed by atoms with van der Waals surface area (Å²) in [6.07, 6.45) is 7.86. The molecule has 0 bridgehead atoms. The van der Waals surface area contributed by atoms with Gasteiger partial charge >= 0.3 is 0 Å². The summed E-state index contributed by atoms with van der Waals surface area (Å²) in [5.41, 5.74) is 12.0. The lowest BCUT2D eigenvalue weighted by atomic mass is 10.00. The van der Waals surface area contributed by atoms with Crippen molar-refractivity contribution in [1.82, 2.24) is 9.88 Å². The van der Waals surface area contributed by atoms with E-state index in [2.05, 4.69) is 37.0 Å². The van der Waals surface area contributed by atoms with Gasteiger partial charge in [0.25, 0.3) is 0 Å². The normalized spacial score (nSPS) is 13.9. The van der Waals surface area contributed by atoms with Crippen molar-refractivity contribution in [2.75, 3.05) is 42.6 Å². The molecule has 48 heavy (non-hydrogen) atoms. The van der Waals surface area contributed by atoms with E-state index in [1.807, 2.05) is 57.4 Å². The van der Waals surface area contributed by atoms with Crippen molar-refractivity contribution in [2.24, 2.45) is 17.4 Å². The molecule has 2 aromatic carbocycles. The van der Waals surface area contributed by atoms with Crippen molar-refractivity contribution < 1.29 is 23.1 Å². The first-order valence-corrected chi connectivity index (χ1v) is 17.3. The Bertz CT molecular complexity index is 1370. The van der Waals surface area contributed by atoms with E-state index in [0.717, 1.165) is 74.2 Å². The first kappa shape index (κ1) is 42.3. The summed E-state index contributed by atoms with van der Waals surface area (Å²) in [7, 11) is 1.50. The molecule has 2 fully saturated rings. The SMILES string of the molecule is C.CC.CN.CSNc1ccc(Oc2ccc(CN3CCC(N(CCC4CC4)c4cc(C=O)c(F)cc4F)CC3)c(C)n2)cc1.NC=O. The molecule has 1 aliphatic heterocycles. The minimum Gasteiger partial charge on any atom is -0.439 e. The van der Waals surface area contributed by atoms with Crippen molar-refractivity contribution in [3.05, 3.63) is 77.0 Å². The lowest BCUT2D eigenvalue weighted by Crippen LogP contribution is -2.45. The van der Waals surface area contributed by atoms with Crippen LogP contribution in [0.5, 0.6) is 11.6 Å². The number of ether oxygens (including phenoxy) is 1. The fraction of sp³-hybridized carbons (Fsp3) is 0.472. The molecule has 12 heteroatoms. The number of nitrogens with zero attached hydrogens (tertiary/aromatic N) is 3. The van der Waals surface area contributed by atoms with Crippen molar-refractivity contribution >= 4 is 36.0 Å². The summed E-state index contributed by atoms with van der Waals surface area (Å²) in [5.74, 6) is 0.578. The fourth-order valence-corrected chi connectivity index (χ4v) is 5.71. The van der Waals surface area contributed by atoms with E-state index in [4.69, 9.17) is 9.53 Å². The van der Waals surface area contributed by atoms with Crippen LogP contribution in [0.1, 0.15) is 75.0 Å². The summed E-state index contributed by atoms with van der Waals surface area (Å²) < 4.78 is 38.1. The second-order valence-corrected chi connectivity index (χ2v) is 11.5. The molecule has 1 aliphatic carbocycles. The summed E-state index contributed by atoms with van der Waals surface area (Å²) in [4.78, 5) is 29.1. The van der Waals surface area contributed by atoms with E-state index in [9.17, 15) is 13.6 Å². The minimum absolute atomic E-state index is 0. The largest absolute Gasteiger partial charge is 0.439 e. The number of amides is 1. The van der Waals surface area contributed by atoms with Gasteiger partial charge in [-0.3, -0.25) is 14.5 Å². The van der Waals surface area contributed by atoms with Crippen molar-refractivity contribution in [1.29, 1.82) is 0 Å². The van der Waals surface area contributed by atoms with Gasteiger partial charge in [-0.05, 0) is 75.0 Å². The molecule has 3 aromatic rings. The molecular formula is C36H54F2N6O3S. The fourth-order valence-electron chi connectivity index (χ4n) is 5.34. The number of aryl methyl sites for hydroxylation is 1. The highest BCUT2D eigenvalue weighted by Crippen LogP contribution is 2.35. The number of nitrogens with one attached hydrogen (secondary N) is 1. The number of nitrogens with two attached hydrogens (primary N) is 2. The maximum atomic E-state index is 14.9. The van der Waals surface area contributed by atoms with Gasteiger partial charge in [0, 0.05) is 62.0 Å². The van der Waals surface area contributed by atoms with Gasteiger partial charge in [0.15, 0.2) is 6.29 Å². The highest BCUT2D eigenvalue weighted by Gasteiger charge is 2.30. The number of anilines is 2. The molecule has 2 aliphatic rings. The summed E-state index contributed by atoms with van der Waals surface area (Å²) >= 11 is 1.54. The number of likely N-dealkylation sites (tertiary alicyclic amines) is 1. The highest BCUT2D eigenvalue weighted by atomic mass is 32.2. The standard InChI is InChI=1S/C31H36F2N4O2S.C2H6.CH3NO.CH5N.CH4/c1-21-23(5-10-31(34-21)39-27-8-6-25(7-9-27)35-40-2)19-36-14-12-26(13-15-36)37(16-11-22-3-4-22)30-17-24(20-38)28(32)18-29(30)33;1-2;2-1-3;1-2;/h5-10,17-18,20,22,26,35H,3-4,11-16,19H2,1-2H3;1-2H3;1H,(H2,2,3);2H2,1H3;1H4. The third-order valence-electron chi connectivity index (χ3n) is 7.84. The Labute approximate surface area is 289 Å². The van der Waals surface area contributed by atoms with E-state index >= 15 is 0 Å². The van der Waals surface area contributed by atoms with Crippen LogP contribution in [-0.2, 0) is 11.3 Å². The average molecular weight is 689 g/mol. The molecule has 0 unspecified atom stereocenters. The molecule has 266 valence electrons. The molecule has 0 spiro atoms. The van der Waals surface area contributed by atoms with Gasteiger partial charge in [-0.2, -0.15) is 0 Å². The maximum Gasteiger partial charge on any atom is 0.219 e. The van der Waals surface area contributed by atoms with Crippen LogP contribution in [0, 0.1) is 24.5 Å². The van der Waals surface area contributed by atoms with Crippen molar-refractivity contribution in [2.45, 2.75) is 72.9 Å². The van der Waals surface area contributed by atoms with Gasteiger partial charge in [0.2, 0.25) is 12.3 Å². The number of piperidine rings is 1. The lowest BCUT2D eigenvalue weighted by molar-refractivity contribution is -0.106. The number of aromatic nitrogens is 1. The number of hydrogen-bond donors (Lipinski definition) is 3. The Morgan fingerprint density at radius 3 is 2.19 bits per heavy atom. The molecule has 1 amide bonds. The van der Waals surface area contributed by atoms with Crippen molar-refractivity contribution in [3.63, 3.8) is 0 Å². The zero-order valence-electron chi connectivity index (χ0n) is 28.2. The Kier molecular flexibility index (Phi) is 20.1. The van der Waals surface area contributed by atoms with Crippen LogP contribution in [0.15, 0.2) is 48.5 Å². The molecule has 0 atom stereocenters. The van der Waals surface area contributed by atoms with E-state index in [0.29, 0.717) is 23.8 Å². The van der Waals surface area contributed by atoms with Gasteiger partial charge in [0.05, 0.1) is 11.3 Å². The van der Waals surface area contributed by atoms with Crippen LogP contribution in [0.25, 0.3) is 0 Å². The van der Waals surface area contributed by atoms with Crippen molar-refractivity contribution in [3.8, 4) is 11.6 Å². The maximum absolute atomic E-state index is 14.9. The van der Waals surface area contributed by atoms with Crippen LogP contribution in [0.3, 0.4) is 0 Å². The number of primary amides is 1. The number of hydrogen-bond acceptors (Lipinski definition) is 9. The first-order chi connectivity index (χ1) is 22.8. The third-order valence-corrected chi connectivity index (χ3v) is 8.28. The Morgan fingerprint density at radius 1 is 1.02 bits per heavy atom. The first-order valence-electron chi connectivity index (χ1n) is 16.0. The molecule has 1 aromatic heterocycles. The number of carbonyl (C=O) groups excluding carboxylic acids is 2. The van der Waals surface area contributed by atoms with E-state index in [-0.39, 0.29) is 25.4 Å². The lowest BCUT2D eigenvalue weighted by Gasteiger charge is -2.40. The molecule has 1 saturated carbocycles. The zero-order chi connectivity index (χ0) is 34.8. The summed E-state index contributed by atoms with van der Waals surface area (Å²) in [5, 5.41) is 0. The number of halogens is 2. The van der Waals surface area contributed by atoms with E-state index in [1.165, 1.54) is 26.0 Å². The van der Waals surface area contributed by atoms with E-state index < -0.39 is 11.6 Å². The summed E-state index contributed by atoms with van der Waals surface area (Å²) in [6.45, 7) is 9.23. The molecule has 1 saturated heterocycles. The number of pyridine rings is 1. The Hall–Kier alpha value is -3.74. The quantitative estimate of drug-likeness (QED) is 0.130. The monoisotopic (exact) mass is 688 g/mol. The average Bonchev–Trinajstić information content (AvgIpc) is 3.92.